The molecule has 13 aliphatic rings. The normalized spacial score (nSPS) is 22.1. The van der Waals surface area contributed by atoms with Gasteiger partial charge in [0.2, 0.25) is 41.4 Å². The number of aryl methyl sites for hydroxylation is 1. The maximum Gasteiger partial charge on any atom is 0.315 e. The standard InChI is InChI=1S/C35H42N6O6S.C26H27ClN2O5.C26H29N3O5.C19H20N4O5/c42-30-13-12-27(33(44)37-30)41-19-25-24(34(41)45)4-3-5-28(25)47-20-23-10-8-22(9-11-23)18-39-14-16-40(17-15-39)31(43)7-2-1-6-29-32-26(21-48-29)36-35(46)38-32;27-22-7-6-20-21(15-29(26(20)32)23-8-5-19(30)13-24(23)31)25(22)34-16-18-3-1-17(2-4-18)14-28-9-11-33-12-10-28;1-17-2-7-20-21(15-29(26(20)32)22-8-9-23(30)27-25(22)31)24(17)34-16-19-5-3-18(4-6-19)14-28-10-12-33-13-11-28;1-20-8-11-7-12(28-22-11)10-27-16-4-2-3-13-14(16)9-23(19(13)26)15-5-6-17(24)21-18(15)25/h3-5,8-11,26-27,29,32H,1-2,6-7,12-21H2,(H2,36,38,46)(H,37,42,44);1-4,6-7,23H,5,8-16H2;2-7,22H,8-16H2,1H3,(H,27,30,31);2-4,7,15,20H,5-6,8-10H2,1H3,(H,21,24,25). The number of amides is 13. The molecule has 0 radical (unpaired) electrons. The first-order valence-electron chi connectivity index (χ1n) is 49.5. The zero-order valence-electron chi connectivity index (χ0n) is 80.6. The number of piperazine rings is 1. The first-order valence-corrected chi connectivity index (χ1v) is 50.9. The van der Waals surface area contributed by atoms with Crippen LogP contribution in [-0.2, 0) is 131 Å². The molecule has 13 amide bonds. The van der Waals surface area contributed by atoms with Gasteiger partial charge in [0.1, 0.15) is 73.3 Å². The largest absolute Gasteiger partial charge is 0.489 e. The number of ether oxygens (including phenoxy) is 6. The maximum absolute atomic E-state index is 13.1. The summed E-state index contributed by atoms with van der Waals surface area (Å²) in [6.07, 6.45) is 5.76. The average molecular weight is 2010 g/mol. The Bertz CT molecular complexity index is 6030. The first kappa shape index (κ1) is 101. The van der Waals surface area contributed by atoms with E-state index in [2.05, 4.69) is 112 Å². The number of rotatable bonds is 29. The Morgan fingerprint density at radius 3 is 1.40 bits per heavy atom. The second-order valence-corrected chi connectivity index (χ2v) is 40.0. The SMILES string of the molecule is CNCc1cc(COc2cccc3c2CN(C2CCC(=O)NC2=O)C3=O)on1.Cc1ccc2c(c1OCc1ccc(CN3CCOCC3)cc1)CN(C1CCC(=O)NC1=O)C2=O.O=C1CCC(N2Cc3c(OCc4ccc(CN5CCN(C(=O)CCCCC6SCC7NC(=O)NC76)CC5)cc4)cccc3C2=O)C(=O)N1.O=C1CCC(N2Cc3c(ccc(Cl)c3OCc3ccc(CN4CCOCC4)cc3)C2=O)C(=O)C1. The van der Waals surface area contributed by atoms with E-state index in [0.29, 0.717) is 138 Å². The van der Waals surface area contributed by atoms with Crippen molar-refractivity contribution in [3.8, 4) is 23.0 Å². The third-order valence-corrected chi connectivity index (χ3v) is 30.4. The van der Waals surface area contributed by atoms with Gasteiger partial charge in [-0.2, -0.15) is 11.8 Å². The Morgan fingerprint density at radius 2 is 0.910 bits per heavy atom. The Morgan fingerprint density at radius 1 is 0.472 bits per heavy atom. The second-order valence-electron chi connectivity index (χ2n) is 38.3. The fourth-order valence-electron chi connectivity index (χ4n) is 20.7. The third kappa shape index (κ3) is 23.9. The van der Waals surface area contributed by atoms with Crippen molar-refractivity contribution in [3.63, 3.8) is 0 Å². The minimum absolute atomic E-state index is 0.0536. The lowest BCUT2D eigenvalue weighted by atomic mass is 9.92. The monoisotopic (exact) mass is 2000 g/mol. The number of nitrogens with one attached hydrogen (secondary N) is 6. The van der Waals surface area contributed by atoms with Crippen LogP contribution >= 0.6 is 23.4 Å². The molecule has 144 heavy (non-hydrogen) atoms. The van der Waals surface area contributed by atoms with Crippen molar-refractivity contribution >= 4 is 106 Å². The minimum atomic E-state index is -0.659. The van der Waals surface area contributed by atoms with Crippen LogP contribution in [0, 0.1) is 6.92 Å². The summed E-state index contributed by atoms with van der Waals surface area (Å²) in [4.78, 5) is 187. The van der Waals surface area contributed by atoms with Crippen LogP contribution in [0.5, 0.6) is 23.0 Å². The molecule has 8 aromatic rings. The van der Waals surface area contributed by atoms with Crippen LogP contribution in [0.4, 0.5) is 4.79 Å². The number of imide groups is 3. The van der Waals surface area contributed by atoms with Gasteiger partial charge < -0.3 is 73.4 Å². The number of carbonyl (C=O) groups is 14. The van der Waals surface area contributed by atoms with Crippen molar-refractivity contribution in [2.24, 2.45) is 0 Å². The molecule has 6 N–H and O–H groups in total. The van der Waals surface area contributed by atoms with Gasteiger partial charge in [-0.15, -0.1) is 0 Å². The summed E-state index contributed by atoms with van der Waals surface area (Å²) in [5.41, 5.74) is 13.6. The van der Waals surface area contributed by atoms with Crippen molar-refractivity contribution in [1.82, 2.24) is 76.3 Å². The zero-order chi connectivity index (χ0) is 100. The number of hydrogen-bond donors (Lipinski definition) is 6. The molecule has 12 aliphatic heterocycles. The van der Waals surface area contributed by atoms with Gasteiger partial charge in [0, 0.05) is 172 Å². The van der Waals surface area contributed by atoms with E-state index in [4.69, 9.17) is 44.5 Å². The van der Waals surface area contributed by atoms with Crippen LogP contribution in [0.3, 0.4) is 0 Å². The zero-order valence-corrected chi connectivity index (χ0v) is 82.1. The van der Waals surface area contributed by atoms with Gasteiger partial charge in [0.25, 0.3) is 23.6 Å². The summed E-state index contributed by atoms with van der Waals surface area (Å²) in [7, 11) is 1.82. The number of Topliss-reactive ketones (excluding diaryl/α,β-unsaturated/α-hetero) is 2. The topological polar surface area (TPSA) is 418 Å². The number of morpholine rings is 2. The van der Waals surface area contributed by atoms with Gasteiger partial charge >= 0.3 is 6.03 Å². The molecule has 756 valence electrons. The van der Waals surface area contributed by atoms with Gasteiger partial charge in [0.15, 0.2) is 11.5 Å². The van der Waals surface area contributed by atoms with E-state index in [9.17, 15) is 67.1 Å². The molecule has 7 atom stereocenters. The summed E-state index contributed by atoms with van der Waals surface area (Å²) in [5, 5.41) is 20.8. The number of fused-ring (bicyclic) bond motifs is 5. The van der Waals surface area contributed by atoms with E-state index in [0.717, 1.165) is 168 Å². The molecule has 1 saturated carbocycles. The van der Waals surface area contributed by atoms with Crippen molar-refractivity contribution in [3.05, 3.63) is 239 Å². The van der Waals surface area contributed by atoms with E-state index < -0.39 is 41.9 Å². The van der Waals surface area contributed by atoms with Crippen LogP contribution < -0.4 is 50.8 Å². The quantitative estimate of drug-likeness (QED) is 0.0110. The predicted octanol–water partition coefficient (Wildman–Crippen LogP) is 8.70. The molecule has 7 aromatic carbocycles. The van der Waals surface area contributed by atoms with Gasteiger partial charge in [-0.1, -0.05) is 114 Å². The van der Waals surface area contributed by atoms with Crippen molar-refractivity contribution in [2.75, 3.05) is 91.6 Å². The number of unbranched alkanes of at least 4 members (excludes halogenated alkanes) is 1. The number of aromatic nitrogens is 1. The molecule has 36 nitrogen and oxygen atoms in total. The highest BCUT2D eigenvalue weighted by molar-refractivity contribution is 8.00. The summed E-state index contributed by atoms with van der Waals surface area (Å²) in [6.45, 7) is 17.6. The fraction of sp³-hybridized carbons (Fsp3) is 0.443. The van der Waals surface area contributed by atoms with Gasteiger partial charge in [-0.25, -0.2) is 4.79 Å². The molecule has 8 saturated heterocycles. The smallest absolute Gasteiger partial charge is 0.315 e. The Labute approximate surface area is 842 Å². The van der Waals surface area contributed by atoms with E-state index in [1.165, 1.54) is 26.5 Å². The number of benzene rings is 7. The van der Waals surface area contributed by atoms with Crippen LogP contribution in [0.1, 0.15) is 198 Å². The summed E-state index contributed by atoms with van der Waals surface area (Å²) in [6, 6.07) is 42.4. The van der Waals surface area contributed by atoms with Crippen molar-refractivity contribution < 1.29 is 100 Å². The van der Waals surface area contributed by atoms with Crippen LogP contribution in [0.2, 0.25) is 5.02 Å². The number of urea groups is 1. The van der Waals surface area contributed by atoms with Crippen molar-refractivity contribution in [1.29, 1.82) is 0 Å². The maximum atomic E-state index is 13.1. The molecule has 38 heteroatoms. The van der Waals surface area contributed by atoms with Crippen molar-refractivity contribution in [2.45, 2.75) is 211 Å². The van der Waals surface area contributed by atoms with Crippen LogP contribution in [0.15, 0.2) is 144 Å². The number of carbonyl (C=O) groups excluding carboxylic acids is 14. The number of nitrogens with zero attached hydrogens (tertiary/aromatic N) is 9. The lowest BCUT2D eigenvalue weighted by Gasteiger charge is -2.35. The molecule has 7 unspecified atom stereocenters. The summed E-state index contributed by atoms with van der Waals surface area (Å²) < 4.78 is 40.4. The number of piperidine rings is 3. The van der Waals surface area contributed by atoms with Gasteiger partial charge in [-0.05, 0) is 134 Å². The summed E-state index contributed by atoms with van der Waals surface area (Å²) in [5.74, 6) is 0.862. The minimum Gasteiger partial charge on any atom is -0.489 e. The van der Waals surface area contributed by atoms with Gasteiger partial charge in [-0.3, -0.25) is 93.0 Å². The fourth-order valence-corrected chi connectivity index (χ4v) is 22.4. The first-order chi connectivity index (χ1) is 69.9. The second kappa shape index (κ2) is 46.2. The molecule has 1 aromatic heterocycles. The third-order valence-electron chi connectivity index (χ3n) is 28.6. The Kier molecular flexibility index (Phi) is 32.3. The molecule has 0 bridgehead atoms. The predicted molar refractivity (Wildman–Crippen MR) is 525 cm³/mol. The molecular formula is C106H118ClN15O21S. The molecule has 0 spiro atoms. The molecular weight excluding hydrogens is 1890 g/mol. The number of thioether (sulfide) groups is 1. The lowest BCUT2D eigenvalue weighted by molar-refractivity contribution is -0.138. The summed E-state index contributed by atoms with van der Waals surface area (Å²) >= 11 is 8.38. The average Bonchev–Trinajstić information content (AvgIpc) is 1.61. The van der Waals surface area contributed by atoms with Crippen LogP contribution in [0.25, 0.3) is 0 Å². The molecule has 1 aliphatic carbocycles. The molecule has 9 fully saturated rings. The van der Waals surface area contributed by atoms with E-state index in [1.807, 2.05) is 54.9 Å². The highest BCUT2D eigenvalue weighted by atomic mass is 35.5. The van der Waals surface area contributed by atoms with E-state index in [1.54, 1.807) is 64.4 Å². The van der Waals surface area contributed by atoms with Gasteiger partial charge in [0.05, 0.1) is 87.9 Å². The van der Waals surface area contributed by atoms with Crippen LogP contribution in [-0.4, -0.2) is 260 Å². The Hall–Kier alpha value is -13.3. The Balaban J connectivity index is 0.000000129. The molecule has 21 rings (SSSR count). The highest BCUT2D eigenvalue weighted by Crippen LogP contribution is 2.43. The highest BCUT2D eigenvalue weighted by Gasteiger charge is 2.47. The number of ketones is 2. The van der Waals surface area contributed by atoms with E-state index >= 15 is 0 Å². The molecule has 13 heterocycles. The number of hydrogen-bond acceptors (Lipinski definition) is 27. The lowest BCUT2D eigenvalue weighted by Crippen LogP contribution is -2.52. The number of halogens is 1. The van der Waals surface area contributed by atoms with E-state index in [-0.39, 0.29) is 129 Å².